The maximum absolute atomic E-state index is 11.8. The molecule has 0 aliphatic heterocycles. The summed E-state index contributed by atoms with van der Waals surface area (Å²) in [5.41, 5.74) is 0.664. The Morgan fingerprint density at radius 1 is 1.33 bits per heavy atom. The van der Waals surface area contributed by atoms with Crippen LogP contribution in [0.1, 0.15) is 45.6 Å². The van der Waals surface area contributed by atoms with Crippen LogP contribution in [0.25, 0.3) is 0 Å². The van der Waals surface area contributed by atoms with Gasteiger partial charge in [0.1, 0.15) is 5.60 Å². The number of nitrogens with one attached hydrogen (secondary N) is 1. The van der Waals surface area contributed by atoms with E-state index in [0.29, 0.717) is 5.92 Å². The van der Waals surface area contributed by atoms with E-state index in [0.717, 1.165) is 6.42 Å². The lowest BCUT2D eigenvalue weighted by Gasteiger charge is -2.22. The van der Waals surface area contributed by atoms with Crippen LogP contribution in [-0.4, -0.2) is 17.2 Å². The fourth-order valence-electron chi connectivity index (χ4n) is 2.21. The van der Waals surface area contributed by atoms with E-state index in [1.165, 1.54) is 5.56 Å². The number of ether oxygens (including phenoxy) is 1. The maximum Gasteiger partial charge on any atom is 0.408 e. The van der Waals surface area contributed by atoms with Crippen molar-refractivity contribution in [2.24, 2.45) is 0 Å². The predicted molar refractivity (Wildman–Crippen MR) is 71.6 cm³/mol. The third kappa shape index (κ3) is 3.03. The first-order valence-electron chi connectivity index (χ1n) is 6.36. The Kier molecular flexibility index (Phi) is 3.09. The van der Waals surface area contributed by atoms with Crippen molar-refractivity contribution in [2.75, 3.05) is 0 Å². The van der Waals surface area contributed by atoms with Crippen molar-refractivity contribution < 1.29 is 9.53 Å². The van der Waals surface area contributed by atoms with Crippen molar-refractivity contribution in [1.82, 2.24) is 5.32 Å². The number of benzene rings is 1. The second-order valence-corrected chi connectivity index (χ2v) is 6.21. The molecule has 98 valence electrons. The van der Waals surface area contributed by atoms with Crippen LogP contribution in [0.4, 0.5) is 4.79 Å². The second kappa shape index (κ2) is 4.30. The van der Waals surface area contributed by atoms with Crippen molar-refractivity contribution in [3.05, 3.63) is 35.9 Å². The molecule has 2 rings (SSSR count). The summed E-state index contributed by atoms with van der Waals surface area (Å²) < 4.78 is 5.29. The molecule has 1 N–H and O–H groups in total. The van der Waals surface area contributed by atoms with Crippen LogP contribution in [0.5, 0.6) is 0 Å². The molecule has 3 heteroatoms. The molecule has 0 saturated heterocycles. The lowest BCUT2D eigenvalue weighted by molar-refractivity contribution is 0.0500. The number of amides is 1. The van der Waals surface area contributed by atoms with Gasteiger partial charge in [-0.05, 0) is 39.7 Å². The SMILES string of the molecule is CC(C)(C)OC(=O)N[C@]1(C)C[C@@H]1c1ccccc1. The smallest absolute Gasteiger partial charge is 0.408 e. The molecule has 0 unspecified atom stereocenters. The molecule has 1 aliphatic carbocycles. The minimum atomic E-state index is -0.447. The first-order chi connectivity index (χ1) is 8.30. The molecular formula is C15H21NO2. The van der Waals surface area contributed by atoms with Crippen molar-refractivity contribution in [3.8, 4) is 0 Å². The third-order valence-electron chi connectivity index (χ3n) is 3.23. The van der Waals surface area contributed by atoms with E-state index >= 15 is 0 Å². The quantitative estimate of drug-likeness (QED) is 0.869. The van der Waals surface area contributed by atoms with Gasteiger partial charge in [0.05, 0.1) is 0 Å². The number of hydrogen-bond donors (Lipinski definition) is 1. The van der Waals surface area contributed by atoms with Crippen molar-refractivity contribution in [3.63, 3.8) is 0 Å². The number of alkyl carbamates (subject to hydrolysis) is 1. The number of carbonyl (C=O) groups excluding carboxylic acids is 1. The number of hydrogen-bond acceptors (Lipinski definition) is 2. The molecule has 1 aromatic rings. The summed E-state index contributed by atoms with van der Waals surface area (Å²) in [5, 5.41) is 2.97. The molecule has 0 aromatic heterocycles. The van der Waals surface area contributed by atoms with E-state index in [2.05, 4.69) is 24.4 Å². The Morgan fingerprint density at radius 2 is 1.94 bits per heavy atom. The number of rotatable bonds is 2. The summed E-state index contributed by atoms with van der Waals surface area (Å²) in [5.74, 6) is 0.395. The molecule has 2 atom stereocenters. The summed E-state index contributed by atoms with van der Waals surface area (Å²) in [7, 11) is 0. The highest BCUT2D eigenvalue weighted by Gasteiger charge is 2.52. The average Bonchev–Trinajstić information content (AvgIpc) is 2.88. The Bertz CT molecular complexity index is 436. The van der Waals surface area contributed by atoms with E-state index in [9.17, 15) is 4.79 Å². The van der Waals surface area contributed by atoms with Crippen LogP contribution in [0.2, 0.25) is 0 Å². The van der Waals surface area contributed by atoms with Crippen LogP contribution in [0.15, 0.2) is 30.3 Å². The van der Waals surface area contributed by atoms with Gasteiger partial charge in [0.25, 0.3) is 0 Å². The molecule has 0 heterocycles. The average molecular weight is 247 g/mol. The third-order valence-corrected chi connectivity index (χ3v) is 3.23. The lowest BCUT2D eigenvalue weighted by Crippen LogP contribution is -2.39. The molecule has 1 aromatic carbocycles. The van der Waals surface area contributed by atoms with Crippen molar-refractivity contribution in [2.45, 2.75) is 51.2 Å². The molecule has 0 radical (unpaired) electrons. The molecule has 3 nitrogen and oxygen atoms in total. The van der Waals surface area contributed by atoms with Gasteiger partial charge in [-0.15, -0.1) is 0 Å². The summed E-state index contributed by atoms with van der Waals surface area (Å²) in [6, 6.07) is 10.3. The van der Waals surface area contributed by atoms with E-state index in [1.54, 1.807) is 0 Å². The fourth-order valence-corrected chi connectivity index (χ4v) is 2.21. The summed E-state index contributed by atoms with van der Waals surface area (Å²) in [6.07, 6.45) is 0.638. The zero-order chi connectivity index (χ0) is 13.4. The van der Waals surface area contributed by atoms with Crippen LogP contribution >= 0.6 is 0 Å². The highest BCUT2D eigenvalue weighted by Crippen LogP contribution is 2.51. The van der Waals surface area contributed by atoms with Crippen LogP contribution in [0, 0.1) is 0 Å². The Labute approximate surface area is 109 Å². The first kappa shape index (κ1) is 12.9. The zero-order valence-corrected chi connectivity index (χ0v) is 11.5. The predicted octanol–water partition coefficient (Wildman–Crippen LogP) is 3.46. The minimum absolute atomic E-state index is 0.163. The summed E-state index contributed by atoms with van der Waals surface area (Å²) in [4.78, 5) is 11.8. The normalized spacial score (nSPS) is 26.6. The van der Waals surface area contributed by atoms with E-state index < -0.39 is 5.60 Å². The van der Waals surface area contributed by atoms with Gasteiger partial charge < -0.3 is 10.1 Å². The molecule has 1 saturated carbocycles. The van der Waals surface area contributed by atoms with Crippen LogP contribution in [-0.2, 0) is 4.74 Å². The van der Waals surface area contributed by atoms with E-state index in [1.807, 2.05) is 39.0 Å². The largest absolute Gasteiger partial charge is 0.444 e. The molecule has 1 fully saturated rings. The van der Waals surface area contributed by atoms with Crippen LogP contribution in [0.3, 0.4) is 0 Å². The lowest BCUT2D eigenvalue weighted by atomic mass is 10.1. The molecule has 1 aliphatic rings. The highest BCUT2D eigenvalue weighted by atomic mass is 16.6. The van der Waals surface area contributed by atoms with E-state index in [4.69, 9.17) is 4.74 Å². The first-order valence-corrected chi connectivity index (χ1v) is 6.36. The summed E-state index contributed by atoms with van der Waals surface area (Å²) in [6.45, 7) is 7.68. The molecule has 0 bridgehead atoms. The molecule has 18 heavy (non-hydrogen) atoms. The van der Waals surface area contributed by atoms with Gasteiger partial charge in [-0.1, -0.05) is 30.3 Å². The monoisotopic (exact) mass is 247 g/mol. The maximum atomic E-state index is 11.8. The van der Waals surface area contributed by atoms with Crippen LogP contribution < -0.4 is 5.32 Å². The zero-order valence-electron chi connectivity index (χ0n) is 11.5. The fraction of sp³-hybridized carbons (Fsp3) is 0.533. The van der Waals surface area contributed by atoms with Gasteiger partial charge in [-0.3, -0.25) is 0 Å². The minimum Gasteiger partial charge on any atom is -0.444 e. The van der Waals surface area contributed by atoms with Crippen molar-refractivity contribution in [1.29, 1.82) is 0 Å². The Hall–Kier alpha value is -1.51. The Balaban J connectivity index is 1.94. The van der Waals surface area contributed by atoms with Crippen molar-refractivity contribution >= 4 is 6.09 Å². The van der Waals surface area contributed by atoms with Gasteiger partial charge in [0.15, 0.2) is 0 Å². The van der Waals surface area contributed by atoms with Gasteiger partial charge in [-0.2, -0.15) is 0 Å². The second-order valence-electron chi connectivity index (χ2n) is 6.21. The van der Waals surface area contributed by atoms with Gasteiger partial charge >= 0.3 is 6.09 Å². The Morgan fingerprint density at radius 3 is 2.50 bits per heavy atom. The summed E-state index contributed by atoms with van der Waals surface area (Å²) >= 11 is 0. The standard InChI is InChI=1S/C15H21NO2/c1-14(2,3)18-13(17)16-15(4)10-12(15)11-8-6-5-7-9-11/h5-9,12H,10H2,1-4H3,(H,16,17)/t12-,15-/m1/s1. The molecule has 0 spiro atoms. The molecule has 1 amide bonds. The van der Waals surface area contributed by atoms with Gasteiger partial charge in [-0.25, -0.2) is 4.79 Å². The highest BCUT2D eigenvalue weighted by molar-refractivity contribution is 5.70. The molecular weight excluding hydrogens is 226 g/mol. The van der Waals surface area contributed by atoms with Gasteiger partial charge in [0.2, 0.25) is 0 Å². The topological polar surface area (TPSA) is 38.3 Å². The van der Waals surface area contributed by atoms with Gasteiger partial charge in [0, 0.05) is 11.5 Å². The van der Waals surface area contributed by atoms with E-state index in [-0.39, 0.29) is 11.6 Å². The number of carbonyl (C=O) groups is 1.